The average Bonchev–Trinajstić information content (AvgIpc) is 3.24. The molecule has 0 saturated carbocycles. The van der Waals surface area contributed by atoms with Gasteiger partial charge in [-0.05, 0) is 42.3 Å². The number of rotatable bonds is 6. The lowest BCUT2D eigenvalue weighted by molar-refractivity contribution is 0.0993. The topological polar surface area (TPSA) is 90.3 Å². The zero-order chi connectivity index (χ0) is 19.5. The number of ether oxygens (including phenoxy) is 1. The van der Waals surface area contributed by atoms with Crippen LogP contribution in [0, 0.1) is 6.92 Å². The van der Waals surface area contributed by atoms with Crippen molar-refractivity contribution in [1.82, 2.24) is 24.3 Å². The summed E-state index contributed by atoms with van der Waals surface area (Å²) in [5, 5.41) is 15.9. The second-order valence-corrected chi connectivity index (χ2v) is 6.45. The zero-order valence-electron chi connectivity index (χ0n) is 15.6. The van der Waals surface area contributed by atoms with Crippen molar-refractivity contribution in [2.24, 2.45) is 12.2 Å². The summed E-state index contributed by atoms with van der Waals surface area (Å²) in [5.74, 6) is 1.67. The van der Waals surface area contributed by atoms with Crippen molar-refractivity contribution in [2.75, 3.05) is 0 Å². The minimum Gasteiger partial charge on any atom is -0.411 e. The molecule has 0 amide bonds. The molecule has 0 aliphatic rings. The van der Waals surface area contributed by atoms with Gasteiger partial charge in [-0.15, -0.1) is 0 Å². The number of nitrogens with zero attached hydrogens (tertiary/aromatic N) is 6. The molecule has 8 nitrogen and oxygen atoms in total. The highest BCUT2D eigenvalue weighted by Crippen LogP contribution is 2.23. The van der Waals surface area contributed by atoms with E-state index in [4.69, 9.17) is 9.94 Å². The van der Waals surface area contributed by atoms with Gasteiger partial charge in [0.2, 0.25) is 0 Å². The first-order chi connectivity index (χ1) is 13.7. The Hall–Kier alpha value is -3.52. The van der Waals surface area contributed by atoms with Crippen LogP contribution in [0.25, 0.3) is 16.7 Å². The molecule has 4 rings (SSSR count). The average molecular weight is 376 g/mol. The normalized spacial score (nSPS) is 11.6. The number of hydrogen-bond donors (Lipinski definition) is 1. The Morgan fingerprint density at radius 2 is 2.07 bits per heavy atom. The first kappa shape index (κ1) is 17.9. The smallest absolute Gasteiger partial charge is 0.152 e. The molecule has 0 radical (unpaired) electrons. The quantitative estimate of drug-likeness (QED) is 0.317. The molecule has 0 atom stereocenters. The summed E-state index contributed by atoms with van der Waals surface area (Å²) in [7, 11) is 1.84. The Balaban J connectivity index is 1.58. The van der Waals surface area contributed by atoms with Gasteiger partial charge in [0.25, 0.3) is 0 Å². The predicted octanol–water partition coefficient (Wildman–Crippen LogP) is 2.99. The predicted molar refractivity (Wildman–Crippen MR) is 105 cm³/mol. The number of aryl methyl sites for hydroxylation is 2. The third-order valence-corrected chi connectivity index (χ3v) is 4.53. The standard InChI is InChI=1S/C20H20N6O2/c1-14-24-18-9-15(10-23-27)6-7-19(18)26(14)17-5-3-4-16(8-17)11-28-12-20-21-13-22-25(20)2/h3-10,13,27H,11-12H2,1-2H3. The summed E-state index contributed by atoms with van der Waals surface area (Å²) in [6.45, 7) is 2.85. The fourth-order valence-electron chi connectivity index (χ4n) is 3.19. The van der Waals surface area contributed by atoms with E-state index in [9.17, 15) is 0 Å². The van der Waals surface area contributed by atoms with Crippen molar-refractivity contribution < 1.29 is 9.94 Å². The van der Waals surface area contributed by atoms with E-state index in [2.05, 4.69) is 30.9 Å². The molecular weight excluding hydrogens is 356 g/mol. The number of oxime groups is 1. The highest BCUT2D eigenvalue weighted by molar-refractivity contribution is 5.88. The Labute approximate surface area is 161 Å². The lowest BCUT2D eigenvalue weighted by atomic mass is 10.2. The van der Waals surface area contributed by atoms with Crippen molar-refractivity contribution in [3.8, 4) is 5.69 Å². The molecule has 0 spiro atoms. The summed E-state index contributed by atoms with van der Waals surface area (Å²) < 4.78 is 9.59. The number of fused-ring (bicyclic) bond motifs is 1. The van der Waals surface area contributed by atoms with Gasteiger partial charge in [0, 0.05) is 12.7 Å². The van der Waals surface area contributed by atoms with Crippen molar-refractivity contribution in [3.05, 3.63) is 71.6 Å². The van der Waals surface area contributed by atoms with Crippen LogP contribution in [0.3, 0.4) is 0 Å². The largest absolute Gasteiger partial charge is 0.411 e. The van der Waals surface area contributed by atoms with Gasteiger partial charge in [-0.1, -0.05) is 23.4 Å². The molecule has 2 heterocycles. The molecular formula is C20H20N6O2. The van der Waals surface area contributed by atoms with E-state index >= 15 is 0 Å². The van der Waals surface area contributed by atoms with Crippen molar-refractivity contribution >= 4 is 17.2 Å². The molecule has 2 aromatic heterocycles. The van der Waals surface area contributed by atoms with Crippen LogP contribution in [0.1, 0.15) is 22.8 Å². The molecule has 28 heavy (non-hydrogen) atoms. The molecule has 0 saturated heterocycles. The van der Waals surface area contributed by atoms with Gasteiger partial charge in [0.1, 0.15) is 18.8 Å². The zero-order valence-corrected chi connectivity index (χ0v) is 15.6. The number of aromatic nitrogens is 5. The molecule has 0 bridgehead atoms. The van der Waals surface area contributed by atoms with Gasteiger partial charge < -0.3 is 9.94 Å². The van der Waals surface area contributed by atoms with Crippen LogP contribution < -0.4 is 0 Å². The van der Waals surface area contributed by atoms with E-state index in [1.165, 1.54) is 12.5 Å². The Bertz CT molecular complexity index is 1140. The van der Waals surface area contributed by atoms with Gasteiger partial charge in [-0.2, -0.15) is 5.10 Å². The monoisotopic (exact) mass is 376 g/mol. The van der Waals surface area contributed by atoms with Crippen LogP contribution in [0.5, 0.6) is 0 Å². The van der Waals surface area contributed by atoms with Gasteiger partial charge >= 0.3 is 0 Å². The van der Waals surface area contributed by atoms with E-state index in [1.54, 1.807) is 4.68 Å². The molecule has 8 heteroatoms. The molecule has 0 fully saturated rings. The summed E-state index contributed by atoms with van der Waals surface area (Å²) in [5.41, 5.74) is 4.71. The highest BCUT2D eigenvalue weighted by Gasteiger charge is 2.10. The lowest BCUT2D eigenvalue weighted by Crippen LogP contribution is -2.03. The van der Waals surface area contributed by atoms with Crippen LogP contribution >= 0.6 is 0 Å². The second kappa shape index (κ2) is 7.61. The molecule has 0 aliphatic carbocycles. The minimum atomic E-state index is 0.406. The fourth-order valence-corrected chi connectivity index (χ4v) is 3.19. The first-order valence-electron chi connectivity index (χ1n) is 8.82. The number of imidazole rings is 1. The molecule has 2 aromatic carbocycles. The van der Waals surface area contributed by atoms with Crippen molar-refractivity contribution in [1.29, 1.82) is 0 Å². The van der Waals surface area contributed by atoms with Gasteiger partial charge in [0.15, 0.2) is 5.82 Å². The molecule has 0 aliphatic heterocycles. The Morgan fingerprint density at radius 1 is 1.18 bits per heavy atom. The van der Waals surface area contributed by atoms with Gasteiger partial charge in [-0.25, -0.2) is 9.97 Å². The fraction of sp³-hybridized carbons (Fsp3) is 0.200. The van der Waals surface area contributed by atoms with E-state index in [0.717, 1.165) is 39.5 Å². The summed E-state index contributed by atoms with van der Waals surface area (Å²) >= 11 is 0. The van der Waals surface area contributed by atoms with Crippen LogP contribution in [0.2, 0.25) is 0 Å². The van der Waals surface area contributed by atoms with Gasteiger partial charge in [-0.3, -0.25) is 9.25 Å². The number of benzene rings is 2. The summed E-state index contributed by atoms with van der Waals surface area (Å²) in [6, 6.07) is 13.9. The molecule has 0 unspecified atom stereocenters. The van der Waals surface area contributed by atoms with Gasteiger partial charge in [0.05, 0.1) is 23.9 Å². The van der Waals surface area contributed by atoms with Crippen LogP contribution in [0.15, 0.2) is 53.9 Å². The van der Waals surface area contributed by atoms with Crippen LogP contribution in [0.4, 0.5) is 0 Å². The van der Waals surface area contributed by atoms with Crippen molar-refractivity contribution in [3.63, 3.8) is 0 Å². The molecule has 4 aromatic rings. The maximum Gasteiger partial charge on any atom is 0.152 e. The number of hydrogen-bond acceptors (Lipinski definition) is 6. The van der Waals surface area contributed by atoms with E-state index in [1.807, 2.05) is 50.4 Å². The second-order valence-electron chi connectivity index (χ2n) is 6.45. The van der Waals surface area contributed by atoms with Crippen LogP contribution in [-0.2, 0) is 25.0 Å². The maximum atomic E-state index is 8.73. The summed E-state index contributed by atoms with van der Waals surface area (Å²) in [6.07, 6.45) is 2.91. The van der Waals surface area contributed by atoms with Crippen LogP contribution in [-0.4, -0.2) is 35.7 Å². The van der Waals surface area contributed by atoms with E-state index < -0.39 is 0 Å². The minimum absolute atomic E-state index is 0.406. The van der Waals surface area contributed by atoms with E-state index in [-0.39, 0.29) is 0 Å². The Morgan fingerprint density at radius 3 is 2.86 bits per heavy atom. The van der Waals surface area contributed by atoms with E-state index in [0.29, 0.717) is 13.2 Å². The third kappa shape index (κ3) is 3.49. The lowest BCUT2D eigenvalue weighted by Gasteiger charge is -2.10. The third-order valence-electron chi connectivity index (χ3n) is 4.53. The SMILES string of the molecule is Cc1nc2cc(C=NO)ccc2n1-c1cccc(COCc2ncnn2C)c1. The maximum absolute atomic E-state index is 8.73. The molecule has 142 valence electrons. The molecule has 1 N–H and O–H groups in total. The first-order valence-corrected chi connectivity index (χ1v) is 8.82. The van der Waals surface area contributed by atoms with Crippen molar-refractivity contribution in [2.45, 2.75) is 20.1 Å². The highest BCUT2D eigenvalue weighted by atomic mass is 16.5. The summed E-state index contributed by atoms with van der Waals surface area (Å²) in [4.78, 5) is 8.80. The Kier molecular flexibility index (Phi) is 4.86.